The number of anilines is 1. The van der Waals surface area contributed by atoms with Crippen LogP contribution in [0.5, 0.6) is 0 Å². The number of carbonyl (C=O) groups excluding carboxylic acids is 1. The lowest BCUT2D eigenvalue weighted by atomic mass is 9.73. The summed E-state index contributed by atoms with van der Waals surface area (Å²) in [6.07, 6.45) is 1.40. The minimum absolute atomic E-state index is 0.0575. The summed E-state index contributed by atoms with van der Waals surface area (Å²) in [6, 6.07) is 10.1. The van der Waals surface area contributed by atoms with Crippen LogP contribution in [0.3, 0.4) is 0 Å². The predicted octanol–water partition coefficient (Wildman–Crippen LogP) is 4.07. The monoisotopic (exact) mass is 385 g/mol. The fraction of sp³-hybridized carbons (Fsp3) is 0.524. The van der Waals surface area contributed by atoms with Gasteiger partial charge < -0.3 is 10.1 Å². The quantitative estimate of drug-likeness (QED) is 0.865. The average molecular weight is 386 g/mol. The molecule has 27 heavy (non-hydrogen) atoms. The molecule has 144 valence electrons. The van der Waals surface area contributed by atoms with Crippen molar-refractivity contribution in [2.75, 3.05) is 18.5 Å². The Morgan fingerprint density at radius 1 is 1.19 bits per heavy atom. The molecule has 0 spiro atoms. The van der Waals surface area contributed by atoms with E-state index < -0.39 is 5.41 Å². The van der Waals surface area contributed by atoms with Gasteiger partial charge in [-0.1, -0.05) is 30.3 Å². The van der Waals surface area contributed by atoms with E-state index in [0.29, 0.717) is 26.1 Å². The fourth-order valence-corrected chi connectivity index (χ4v) is 5.01. The van der Waals surface area contributed by atoms with Crippen LogP contribution in [0.15, 0.2) is 30.3 Å². The van der Waals surface area contributed by atoms with Crippen LogP contribution in [0.4, 0.5) is 5.82 Å². The third-order valence-electron chi connectivity index (χ3n) is 5.53. The lowest BCUT2D eigenvalue weighted by molar-refractivity contribution is -0.125. The Bertz CT molecular complexity index is 833. The second-order valence-corrected chi connectivity index (χ2v) is 9.35. The van der Waals surface area contributed by atoms with Crippen molar-refractivity contribution in [1.82, 2.24) is 9.78 Å². The van der Waals surface area contributed by atoms with E-state index in [2.05, 4.69) is 38.2 Å². The molecule has 1 aromatic heterocycles. The number of rotatable bonds is 3. The lowest BCUT2D eigenvalue weighted by Crippen LogP contribution is -2.45. The van der Waals surface area contributed by atoms with Crippen molar-refractivity contribution in [3.8, 4) is 0 Å². The van der Waals surface area contributed by atoms with Crippen LogP contribution in [0.25, 0.3) is 0 Å². The van der Waals surface area contributed by atoms with Gasteiger partial charge in [-0.2, -0.15) is 16.9 Å². The highest BCUT2D eigenvalue weighted by Crippen LogP contribution is 2.40. The molecule has 0 aliphatic carbocycles. The summed E-state index contributed by atoms with van der Waals surface area (Å²) in [7, 11) is 0. The van der Waals surface area contributed by atoms with Gasteiger partial charge in [-0.3, -0.25) is 4.79 Å². The molecule has 4 rings (SSSR count). The molecule has 1 saturated heterocycles. The Morgan fingerprint density at radius 3 is 2.56 bits per heavy atom. The number of fused-ring (bicyclic) bond motifs is 1. The van der Waals surface area contributed by atoms with Crippen molar-refractivity contribution in [3.63, 3.8) is 0 Å². The van der Waals surface area contributed by atoms with Crippen LogP contribution in [-0.4, -0.2) is 28.9 Å². The van der Waals surface area contributed by atoms with Crippen LogP contribution < -0.4 is 5.32 Å². The molecule has 1 amide bonds. The van der Waals surface area contributed by atoms with Gasteiger partial charge in [-0.05, 0) is 39.2 Å². The zero-order valence-corrected chi connectivity index (χ0v) is 17.1. The normalized spacial score (nSPS) is 18.9. The van der Waals surface area contributed by atoms with Crippen molar-refractivity contribution in [1.29, 1.82) is 0 Å². The van der Waals surface area contributed by atoms with Crippen LogP contribution >= 0.6 is 11.8 Å². The summed E-state index contributed by atoms with van der Waals surface area (Å²) in [5, 5.41) is 8.11. The van der Waals surface area contributed by atoms with Crippen LogP contribution in [0, 0.1) is 0 Å². The molecule has 1 N–H and O–H groups in total. The first-order valence-electron chi connectivity index (χ1n) is 9.55. The maximum atomic E-state index is 13.7. The molecule has 3 heterocycles. The zero-order chi connectivity index (χ0) is 19.1. The molecule has 2 aliphatic rings. The van der Waals surface area contributed by atoms with Crippen LogP contribution in [-0.2, 0) is 32.0 Å². The molecule has 1 aromatic carbocycles. The van der Waals surface area contributed by atoms with E-state index in [0.717, 1.165) is 28.6 Å². The van der Waals surface area contributed by atoms with E-state index in [4.69, 9.17) is 9.84 Å². The average Bonchev–Trinajstić information content (AvgIpc) is 3.25. The number of carbonyl (C=O) groups is 1. The van der Waals surface area contributed by atoms with Gasteiger partial charge in [-0.15, -0.1) is 0 Å². The second kappa shape index (κ2) is 6.99. The number of hydrogen-bond acceptors (Lipinski definition) is 4. The number of ether oxygens (including phenoxy) is 1. The standard InChI is InChI=1S/C21H27N3O2S/c1-20(2,3)24-18(16-13-27-14-17(16)23-24)22-19(25)21(9-11-26-12-10-21)15-7-5-4-6-8-15/h4-8H,9-14H2,1-3H3,(H,22,25). The number of hydrogen-bond donors (Lipinski definition) is 1. The zero-order valence-electron chi connectivity index (χ0n) is 16.2. The molecular weight excluding hydrogens is 358 g/mol. The summed E-state index contributed by atoms with van der Waals surface area (Å²) in [4.78, 5) is 13.7. The van der Waals surface area contributed by atoms with Gasteiger partial charge in [0, 0.05) is 30.3 Å². The molecule has 5 nitrogen and oxygen atoms in total. The topological polar surface area (TPSA) is 56.2 Å². The minimum Gasteiger partial charge on any atom is -0.381 e. The van der Waals surface area contributed by atoms with Crippen molar-refractivity contribution < 1.29 is 9.53 Å². The highest BCUT2D eigenvalue weighted by atomic mass is 32.2. The summed E-state index contributed by atoms with van der Waals surface area (Å²) in [6.45, 7) is 7.59. The van der Waals surface area contributed by atoms with E-state index in [1.165, 1.54) is 5.56 Å². The molecule has 0 bridgehead atoms. The van der Waals surface area contributed by atoms with Gasteiger partial charge in [0.05, 0.1) is 16.6 Å². The van der Waals surface area contributed by atoms with Crippen molar-refractivity contribution in [2.45, 2.75) is 56.1 Å². The Labute approximate surface area is 164 Å². The first-order valence-corrected chi connectivity index (χ1v) is 10.7. The molecule has 0 unspecified atom stereocenters. The molecule has 2 aromatic rings. The van der Waals surface area contributed by atoms with Gasteiger partial charge in [0.1, 0.15) is 5.82 Å². The summed E-state index contributed by atoms with van der Waals surface area (Å²) in [5.41, 5.74) is 2.61. The Balaban J connectivity index is 1.73. The molecule has 0 saturated carbocycles. The molecule has 0 radical (unpaired) electrons. The maximum Gasteiger partial charge on any atom is 0.236 e. The van der Waals surface area contributed by atoms with E-state index in [1.54, 1.807) is 0 Å². The number of nitrogens with one attached hydrogen (secondary N) is 1. The largest absolute Gasteiger partial charge is 0.381 e. The number of thioether (sulfide) groups is 1. The maximum absolute atomic E-state index is 13.7. The van der Waals surface area contributed by atoms with Crippen LogP contribution in [0.2, 0.25) is 0 Å². The van der Waals surface area contributed by atoms with Gasteiger partial charge in [0.2, 0.25) is 5.91 Å². The number of nitrogens with zero attached hydrogens (tertiary/aromatic N) is 2. The fourth-order valence-electron chi connectivity index (χ4n) is 3.98. The SMILES string of the molecule is CC(C)(C)n1nc2c(c1NC(=O)C1(c3ccccc3)CCOCC1)CSC2. The summed E-state index contributed by atoms with van der Waals surface area (Å²) < 4.78 is 7.58. The van der Waals surface area contributed by atoms with E-state index in [-0.39, 0.29) is 11.4 Å². The molecule has 1 fully saturated rings. The van der Waals surface area contributed by atoms with Crippen LogP contribution in [0.1, 0.15) is 50.4 Å². The van der Waals surface area contributed by atoms with E-state index in [1.807, 2.05) is 34.6 Å². The number of aromatic nitrogens is 2. The van der Waals surface area contributed by atoms with Crippen molar-refractivity contribution >= 4 is 23.5 Å². The molecule has 6 heteroatoms. The summed E-state index contributed by atoms with van der Waals surface area (Å²) >= 11 is 1.85. The minimum atomic E-state index is -0.550. The van der Waals surface area contributed by atoms with E-state index >= 15 is 0 Å². The number of benzene rings is 1. The van der Waals surface area contributed by atoms with Crippen molar-refractivity contribution in [2.24, 2.45) is 0 Å². The highest BCUT2D eigenvalue weighted by molar-refractivity contribution is 7.98. The molecule has 0 atom stereocenters. The van der Waals surface area contributed by atoms with Gasteiger partial charge >= 0.3 is 0 Å². The van der Waals surface area contributed by atoms with Crippen molar-refractivity contribution in [3.05, 3.63) is 47.2 Å². The van der Waals surface area contributed by atoms with Gasteiger partial charge in [-0.25, -0.2) is 4.68 Å². The second-order valence-electron chi connectivity index (χ2n) is 8.36. The van der Waals surface area contributed by atoms with Gasteiger partial charge in [0.25, 0.3) is 0 Å². The first-order chi connectivity index (χ1) is 12.9. The smallest absolute Gasteiger partial charge is 0.236 e. The molecule has 2 aliphatic heterocycles. The molecular formula is C21H27N3O2S. The predicted molar refractivity (Wildman–Crippen MR) is 109 cm³/mol. The summed E-state index contributed by atoms with van der Waals surface area (Å²) in [5.74, 6) is 2.75. The third kappa shape index (κ3) is 3.29. The highest BCUT2D eigenvalue weighted by Gasteiger charge is 2.43. The number of amides is 1. The lowest BCUT2D eigenvalue weighted by Gasteiger charge is -2.36. The third-order valence-corrected chi connectivity index (χ3v) is 6.50. The Kier molecular flexibility index (Phi) is 4.80. The Hall–Kier alpha value is -1.79. The first kappa shape index (κ1) is 18.6. The van der Waals surface area contributed by atoms with E-state index in [9.17, 15) is 4.79 Å². The Morgan fingerprint density at radius 2 is 1.89 bits per heavy atom. The van der Waals surface area contributed by atoms with Gasteiger partial charge in [0.15, 0.2) is 0 Å².